The van der Waals surface area contributed by atoms with E-state index in [1.165, 1.54) is 0 Å². The number of amides is 1. The molecule has 0 atom stereocenters. The van der Waals surface area contributed by atoms with Crippen molar-refractivity contribution in [2.45, 2.75) is 6.42 Å². The van der Waals surface area contributed by atoms with Crippen molar-refractivity contribution in [3.05, 3.63) is 58.5 Å². The van der Waals surface area contributed by atoms with E-state index in [1.807, 2.05) is 48.0 Å². The number of nitrogens with zero attached hydrogens (tertiary/aromatic N) is 1. The highest BCUT2D eigenvalue weighted by Crippen LogP contribution is 2.26. The molecule has 0 aliphatic carbocycles. The number of nitrogens with one attached hydrogen (secondary N) is 1. The van der Waals surface area contributed by atoms with Crippen LogP contribution in [0.2, 0.25) is 0 Å². The number of benzene rings is 1. The number of allylic oxidation sites excluding steroid dienone is 2. The molecule has 1 N–H and O–H groups in total. The fraction of sp³-hybridized carbons (Fsp3) is 0.0556. The molecule has 2 aromatic heterocycles. The predicted octanol–water partition coefficient (Wildman–Crippen LogP) is 3.28. The molecule has 1 aromatic carbocycles. The van der Waals surface area contributed by atoms with E-state index >= 15 is 0 Å². The van der Waals surface area contributed by atoms with Crippen LogP contribution in [0, 0.1) is 0 Å². The van der Waals surface area contributed by atoms with Gasteiger partial charge in [-0.1, -0.05) is 12.1 Å². The standard InChI is InChI=1S/C18H12N2O2S/c21-18(8-12-2-1-3-16-15(12)5-7-22-16)20-14-9-17(23-11-14)13-4-6-19-10-13/h1-7,9-11H,8H2/p+1. The normalized spacial score (nSPS) is 12.8. The Hall–Kier alpha value is -2.88. The number of rotatable bonds is 4. The van der Waals surface area contributed by atoms with Crippen LogP contribution in [0.15, 0.2) is 52.5 Å². The summed E-state index contributed by atoms with van der Waals surface area (Å²) >= 11 is 1.59. The molecule has 0 saturated carbocycles. The Kier molecular flexibility index (Phi) is 3.42. The van der Waals surface area contributed by atoms with E-state index in [-0.39, 0.29) is 5.91 Å². The summed E-state index contributed by atoms with van der Waals surface area (Å²) in [6.45, 7) is 0. The fourth-order valence-electron chi connectivity index (χ4n) is 2.58. The highest BCUT2D eigenvalue weighted by atomic mass is 32.1. The van der Waals surface area contributed by atoms with E-state index in [0.717, 1.165) is 32.7 Å². The van der Waals surface area contributed by atoms with Gasteiger partial charge in [-0.05, 0) is 23.8 Å². The molecule has 112 valence electrons. The molecular formula is C18H13N2O2S+. The third-order valence-corrected chi connectivity index (χ3v) is 4.64. The maximum absolute atomic E-state index is 12.3. The third-order valence-electron chi connectivity index (χ3n) is 3.66. The van der Waals surface area contributed by atoms with E-state index in [1.54, 1.807) is 23.8 Å². The van der Waals surface area contributed by atoms with Gasteiger partial charge in [0.1, 0.15) is 5.58 Å². The molecular weight excluding hydrogens is 308 g/mol. The van der Waals surface area contributed by atoms with Gasteiger partial charge in [0.2, 0.25) is 5.91 Å². The molecule has 3 heterocycles. The average molecular weight is 321 g/mol. The molecule has 0 bridgehead atoms. The number of carbonyl (C=O) groups is 1. The summed E-state index contributed by atoms with van der Waals surface area (Å²) in [6.07, 6.45) is 7.50. The first-order chi connectivity index (χ1) is 11.3. The molecule has 1 aliphatic heterocycles. The summed E-state index contributed by atoms with van der Waals surface area (Å²) in [5, 5.41) is 5.88. The molecule has 1 aliphatic rings. The minimum Gasteiger partial charge on any atom is -0.464 e. The second-order valence-electron chi connectivity index (χ2n) is 5.22. The highest BCUT2D eigenvalue weighted by molar-refractivity contribution is 7.12. The van der Waals surface area contributed by atoms with Gasteiger partial charge >= 0.3 is 6.21 Å². The lowest BCUT2D eigenvalue weighted by Crippen LogP contribution is -2.13. The highest BCUT2D eigenvalue weighted by Gasteiger charge is 2.13. The number of fused-ring (bicyclic) bond motifs is 1. The largest absolute Gasteiger partial charge is 0.464 e. The van der Waals surface area contributed by atoms with Gasteiger partial charge in [0.25, 0.3) is 6.21 Å². The summed E-state index contributed by atoms with van der Waals surface area (Å²) in [7, 11) is 0. The Morgan fingerprint density at radius 1 is 1.30 bits per heavy atom. The van der Waals surface area contributed by atoms with Crippen molar-refractivity contribution in [2.75, 3.05) is 5.32 Å². The smallest absolute Gasteiger partial charge is 0.301 e. The van der Waals surface area contributed by atoms with Crippen LogP contribution >= 0.6 is 11.3 Å². The number of anilines is 1. The Morgan fingerprint density at radius 2 is 2.26 bits per heavy atom. The van der Waals surface area contributed by atoms with Crippen LogP contribution in [0.1, 0.15) is 10.4 Å². The Labute approximate surface area is 136 Å². The van der Waals surface area contributed by atoms with Crippen molar-refractivity contribution in [1.29, 1.82) is 0 Å². The molecule has 0 radical (unpaired) electrons. The topological polar surface area (TPSA) is 56.3 Å². The number of hydrogen-bond acceptors (Lipinski definition) is 3. The van der Waals surface area contributed by atoms with Crippen LogP contribution in [0.5, 0.6) is 0 Å². The van der Waals surface area contributed by atoms with Gasteiger partial charge in [0, 0.05) is 21.7 Å². The van der Waals surface area contributed by atoms with Crippen LogP contribution in [-0.4, -0.2) is 18.3 Å². The maximum atomic E-state index is 12.3. The van der Waals surface area contributed by atoms with Gasteiger partial charge in [0.15, 0.2) is 0 Å². The minimum absolute atomic E-state index is 0.0383. The fourth-order valence-corrected chi connectivity index (χ4v) is 3.41. The van der Waals surface area contributed by atoms with Crippen molar-refractivity contribution in [2.24, 2.45) is 0 Å². The van der Waals surface area contributed by atoms with E-state index < -0.39 is 0 Å². The van der Waals surface area contributed by atoms with Crippen molar-refractivity contribution in [1.82, 2.24) is 4.67 Å². The number of hydrogen-bond donors (Lipinski definition) is 1. The van der Waals surface area contributed by atoms with Crippen molar-refractivity contribution in [3.63, 3.8) is 0 Å². The lowest BCUT2D eigenvalue weighted by atomic mass is 10.1. The zero-order chi connectivity index (χ0) is 15.6. The molecule has 0 spiro atoms. The molecule has 4 rings (SSSR count). The van der Waals surface area contributed by atoms with Gasteiger partial charge in [-0.15, -0.1) is 16.0 Å². The zero-order valence-electron chi connectivity index (χ0n) is 12.2. The SMILES string of the molecule is O=C(Cc1cccc2occc12)Nc1csc(C2=CC=[N+]=C2)c1. The summed E-state index contributed by atoms with van der Waals surface area (Å²) in [4.78, 5) is 13.4. The Morgan fingerprint density at radius 3 is 3.13 bits per heavy atom. The lowest BCUT2D eigenvalue weighted by molar-refractivity contribution is -0.115. The van der Waals surface area contributed by atoms with E-state index in [9.17, 15) is 4.79 Å². The first kappa shape index (κ1) is 13.8. The molecule has 1 amide bonds. The molecule has 0 fully saturated rings. The van der Waals surface area contributed by atoms with Crippen molar-refractivity contribution < 1.29 is 9.21 Å². The summed E-state index contributed by atoms with van der Waals surface area (Å²) in [6, 6.07) is 9.61. The minimum atomic E-state index is -0.0383. The van der Waals surface area contributed by atoms with Crippen LogP contribution in [-0.2, 0) is 11.2 Å². The van der Waals surface area contributed by atoms with E-state index in [4.69, 9.17) is 4.42 Å². The molecule has 0 saturated heterocycles. The quantitative estimate of drug-likeness (QED) is 0.750. The van der Waals surface area contributed by atoms with Gasteiger partial charge in [0.05, 0.1) is 23.9 Å². The van der Waals surface area contributed by atoms with Gasteiger partial charge in [-0.25, -0.2) is 0 Å². The Bertz CT molecular complexity index is 987. The average Bonchev–Trinajstić information content (AvgIpc) is 3.28. The predicted molar refractivity (Wildman–Crippen MR) is 95.1 cm³/mol. The summed E-state index contributed by atoms with van der Waals surface area (Å²) in [5.74, 6) is -0.0383. The van der Waals surface area contributed by atoms with Crippen LogP contribution in [0.4, 0.5) is 5.69 Å². The first-order valence-corrected chi connectivity index (χ1v) is 8.08. The molecule has 23 heavy (non-hydrogen) atoms. The van der Waals surface area contributed by atoms with E-state index in [2.05, 4.69) is 9.98 Å². The number of furan rings is 1. The molecule has 5 heteroatoms. The number of carbonyl (C=O) groups excluding carboxylic acids is 1. The second kappa shape index (κ2) is 5.72. The van der Waals surface area contributed by atoms with Crippen molar-refractivity contribution >= 4 is 51.9 Å². The molecule has 3 aromatic rings. The summed E-state index contributed by atoms with van der Waals surface area (Å²) < 4.78 is 9.43. The second-order valence-corrected chi connectivity index (χ2v) is 6.13. The number of thiophene rings is 1. The van der Waals surface area contributed by atoms with Crippen LogP contribution in [0.25, 0.3) is 16.5 Å². The molecule has 4 nitrogen and oxygen atoms in total. The Balaban J connectivity index is 1.48. The van der Waals surface area contributed by atoms with Crippen molar-refractivity contribution in [3.8, 4) is 0 Å². The van der Waals surface area contributed by atoms with Crippen LogP contribution < -0.4 is 9.98 Å². The summed E-state index contributed by atoms with van der Waals surface area (Å²) in [5.41, 5.74) is 3.65. The van der Waals surface area contributed by atoms with E-state index in [0.29, 0.717) is 6.42 Å². The zero-order valence-corrected chi connectivity index (χ0v) is 13.0. The molecule has 0 unspecified atom stereocenters. The van der Waals surface area contributed by atoms with Gasteiger partial charge in [-0.3, -0.25) is 4.79 Å². The maximum Gasteiger partial charge on any atom is 0.301 e. The monoisotopic (exact) mass is 321 g/mol. The third kappa shape index (κ3) is 2.75. The van der Waals surface area contributed by atoms with Gasteiger partial charge < -0.3 is 9.73 Å². The van der Waals surface area contributed by atoms with Crippen LogP contribution in [0.3, 0.4) is 0 Å². The lowest BCUT2D eigenvalue weighted by Gasteiger charge is -2.04. The van der Waals surface area contributed by atoms with Gasteiger partial charge in [-0.2, -0.15) is 0 Å². The first-order valence-electron chi connectivity index (χ1n) is 7.20.